The Kier molecular flexibility index (Phi) is 3.80. The molecule has 7 heteroatoms. The van der Waals surface area contributed by atoms with Gasteiger partial charge in [-0.2, -0.15) is 0 Å². The van der Waals surface area contributed by atoms with Crippen LogP contribution in [0.4, 0.5) is 0 Å². The number of nitrogens with zero attached hydrogens (tertiary/aromatic N) is 5. The molecule has 25 heavy (non-hydrogen) atoms. The standard InChI is InChI=1S/C18H21N5O2/c1-3-21-8-10-22(11-9-21)18(25)14-12-13-16(20(14)2)19-15-6-4-5-7-23(15)17(13)24/h4-7,12H,3,8-11H2,1-2H3. The number of fused-ring (bicyclic) bond motifs is 2. The van der Waals surface area contributed by atoms with Crippen molar-refractivity contribution in [1.82, 2.24) is 23.8 Å². The fraction of sp³-hybridized carbons (Fsp3) is 0.389. The molecule has 4 heterocycles. The zero-order valence-electron chi connectivity index (χ0n) is 14.5. The number of piperazine rings is 1. The van der Waals surface area contributed by atoms with Crippen LogP contribution in [-0.2, 0) is 7.05 Å². The average Bonchev–Trinajstić information content (AvgIpc) is 2.98. The lowest BCUT2D eigenvalue weighted by Gasteiger charge is -2.34. The number of aryl methyl sites for hydroxylation is 1. The molecule has 0 unspecified atom stereocenters. The lowest BCUT2D eigenvalue weighted by atomic mass is 10.2. The van der Waals surface area contributed by atoms with E-state index in [4.69, 9.17) is 0 Å². The molecule has 3 aromatic rings. The third-order valence-electron chi connectivity index (χ3n) is 5.03. The van der Waals surface area contributed by atoms with Crippen molar-refractivity contribution in [2.24, 2.45) is 7.05 Å². The second kappa shape index (κ2) is 6.00. The maximum absolute atomic E-state index is 12.9. The summed E-state index contributed by atoms with van der Waals surface area (Å²) in [6.07, 6.45) is 1.70. The minimum absolute atomic E-state index is 0.0373. The molecule has 0 aromatic carbocycles. The van der Waals surface area contributed by atoms with Crippen molar-refractivity contribution in [3.05, 3.63) is 46.5 Å². The summed E-state index contributed by atoms with van der Waals surface area (Å²) in [5.41, 5.74) is 1.50. The number of rotatable bonds is 2. The minimum atomic E-state index is -0.147. The summed E-state index contributed by atoms with van der Waals surface area (Å²) in [4.78, 5) is 34.4. The van der Waals surface area contributed by atoms with Gasteiger partial charge >= 0.3 is 0 Å². The Morgan fingerprint density at radius 2 is 1.96 bits per heavy atom. The van der Waals surface area contributed by atoms with Crippen LogP contribution in [0.25, 0.3) is 16.7 Å². The number of hydrogen-bond acceptors (Lipinski definition) is 4. The van der Waals surface area contributed by atoms with E-state index < -0.39 is 0 Å². The van der Waals surface area contributed by atoms with Crippen molar-refractivity contribution in [1.29, 1.82) is 0 Å². The molecule has 1 saturated heterocycles. The molecule has 0 bridgehead atoms. The molecule has 1 fully saturated rings. The molecule has 1 amide bonds. The van der Waals surface area contributed by atoms with Crippen LogP contribution in [0.3, 0.4) is 0 Å². The van der Waals surface area contributed by atoms with E-state index in [0.29, 0.717) is 35.5 Å². The first-order chi connectivity index (χ1) is 12.1. The fourth-order valence-corrected chi connectivity index (χ4v) is 3.46. The summed E-state index contributed by atoms with van der Waals surface area (Å²) < 4.78 is 3.24. The van der Waals surface area contributed by atoms with E-state index >= 15 is 0 Å². The first-order valence-corrected chi connectivity index (χ1v) is 8.58. The van der Waals surface area contributed by atoms with E-state index in [-0.39, 0.29) is 11.5 Å². The van der Waals surface area contributed by atoms with Crippen LogP contribution in [0.5, 0.6) is 0 Å². The normalized spacial score (nSPS) is 16.0. The molecular formula is C18H21N5O2. The molecule has 0 saturated carbocycles. The smallest absolute Gasteiger partial charge is 0.270 e. The number of aromatic nitrogens is 3. The van der Waals surface area contributed by atoms with Crippen molar-refractivity contribution in [2.75, 3.05) is 32.7 Å². The number of pyridine rings is 1. The molecule has 0 radical (unpaired) electrons. The summed E-state index contributed by atoms with van der Waals surface area (Å²) in [6, 6.07) is 7.11. The van der Waals surface area contributed by atoms with Crippen molar-refractivity contribution >= 4 is 22.6 Å². The zero-order chi connectivity index (χ0) is 17.6. The van der Waals surface area contributed by atoms with Gasteiger partial charge in [0.25, 0.3) is 11.5 Å². The van der Waals surface area contributed by atoms with E-state index in [2.05, 4.69) is 16.8 Å². The minimum Gasteiger partial charge on any atom is -0.335 e. The molecule has 130 valence electrons. The number of carbonyl (C=O) groups is 1. The predicted octanol–water partition coefficient (Wildman–Crippen LogP) is 0.964. The lowest BCUT2D eigenvalue weighted by molar-refractivity contribution is 0.0634. The molecule has 0 aliphatic carbocycles. The van der Waals surface area contributed by atoms with E-state index in [1.807, 2.05) is 11.0 Å². The molecule has 0 N–H and O–H groups in total. The predicted molar refractivity (Wildman–Crippen MR) is 96.0 cm³/mol. The second-order valence-corrected chi connectivity index (χ2v) is 6.40. The van der Waals surface area contributed by atoms with Gasteiger partial charge in [-0.15, -0.1) is 0 Å². The highest BCUT2D eigenvalue weighted by Gasteiger charge is 2.25. The molecular weight excluding hydrogens is 318 g/mol. The highest BCUT2D eigenvalue weighted by molar-refractivity contribution is 5.98. The Morgan fingerprint density at radius 1 is 1.20 bits per heavy atom. The molecule has 7 nitrogen and oxygen atoms in total. The summed E-state index contributed by atoms with van der Waals surface area (Å²) in [6.45, 7) is 6.33. The largest absolute Gasteiger partial charge is 0.335 e. The molecule has 1 aliphatic heterocycles. The maximum atomic E-state index is 12.9. The van der Waals surface area contributed by atoms with Crippen LogP contribution in [0, 0.1) is 0 Å². The van der Waals surface area contributed by atoms with Crippen LogP contribution in [0.15, 0.2) is 35.3 Å². The van der Waals surface area contributed by atoms with Crippen LogP contribution >= 0.6 is 0 Å². The van der Waals surface area contributed by atoms with Gasteiger partial charge < -0.3 is 14.4 Å². The lowest BCUT2D eigenvalue weighted by Crippen LogP contribution is -2.48. The van der Waals surface area contributed by atoms with E-state index in [1.54, 1.807) is 36.0 Å². The third-order valence-corrected chi connectivity index (χ3v) is 5.03. The average molecular weight is 339 g/mol. The highest BCUT2D eigenvalue weighted by Crippen LogP contribution is 2.17. The Morgan fingerprint density at radius 3 is 2.68 bits per heavy atom. The van der Waals surface area contributed by atoms with Gasteiger partial charge in [0.1, 0.15) is 17.0 Å². The quantitative estimate of drug-likeness (QED) is 0.698. The molecule has 3 aromatic heterocycles. The van der Waals surface area contributed by atoms with Gasteiger partial charge in [0.15, 0.2) is 0 Å². The molecule has 1 aliphatic rings. The van der Waals surface area contributed by atoms with Crippen LogP contribution in [0.2, 0.25) is 0 Å². The van der Waals surface area contributed by atoms with Crippen molar-refractivity contribution in [3.8, 4) is 0 Å². The summed E-state index contributed by atoms with van der Waals surface area (Å²) in [5.74, 6) is -0.0373. The van der Waals surface area contributed by atoms with E-state index in [9.17, 15) is 9.59 Å². The highest BCUT2D eigenvalue weighted by atomic mass is 16.2. The fourth-order valence-electron chi connectivity index (χ4n) is 3.46. The van der Waals surface area contributed by atoms with Crippen LogP contribution in [0.1, 0.15) is 17.4 Å². The first-order valence-electron chi connectivity index (χ1n) is 8.58. The van der Waals surface area contributed by atoms with Crippen molar-refractivity contribution in [2.45, 2.75) is 6.92 Å². The SMILES string of the molecule is CCN1CCN(C(=O)c2cc3c(=O)n4ccccc4nc3n2C)CC1. The zero-order valence-corrected chi connectivity index (χ0v) is 14.5. The topological polar surface area (TPSA) is 62.9 Å². The number of amides is 1. The van der Waals surface area contributed by atoms with E-state index in [0.717, 1.165) is 19.6 Å². The van der Waals surface area contributed by atoms with Crippen LogP contribution in [-0.4, -0.2) is 62.4 Å². The van der Waals surface area contributed by atoms with Crippen LogP contribution < -0.4 is 5.56 Å². The first kappa shape index (κ1) is 15.8. The van der Waals surface area contributed by atoms with Gasteiger partial charge in [-0.3, -0.25) is 14.0 Å². The Balaban J connectivity index is 1.77. The number of hydrogen-bond donors (Lipinski definition) is 0. The van der Waals surface area contributed by atoms with Gasteiger partial charge in [-0.1, -0.05) is 13.0 Å². The monoisotopic (exact) mass is 339 g/mol. The molecule has 0 spiro atoms. The Labute approximate surface area is 145 Å². The van der Waals surface area contributed by atoms with Gasteiger partial charge in [0.05, 0.1) is 5.39 Å². The molecule has 4 rings (SSSR count). The maximum Gasteiger partial charge on any atom is 0.270 e. The number of carbonyl (C=O) groups excluding carboxylic acids is 1. The van der Waals surface area contributed by atoms with Gasteiger partial charge in [-0.25, -0.2) is 4.98 Å². The van der Waals surface area contributed by atoms with E-state index in [1.165, 1.54) is 4.40 Å². The third kappa shape index (κ3) is 2.51. The Bertz CT molecular complexity index is 1010. The number of likely N-dealkylation sites (N-methyl/N-ethyl adjacent to an activating group) is 1. The molecule has 0 atom stereocenters. The van der Waals surface area contributed by atoms with Gasteiger partial charge in [-0.05, 0) is 24.7 Å². The summed E-state index contributed by atoms with van der Waals surface area (Å²) >= 11 is 0. The Hall–Kier alpha value is -2.67. The van der Waals surface area contributed by atoms with Crippen molar-refractivity contribution < 1.29 is 4.79 Å². The van der Waals surface area contributed by atoms with Crippen molar-refractivity contribution in [3.63, 3.8) is 0 Å². The summed E-state index contributed by atoms with van der Waals surface area (Å²) in [7, 11) is 1.80. The summed E-state index contributed by atoms with van der Waals surface area (Å²) in [5, 5.41) is 0.474. The second-order valence-electron chi connectivity index (χ2n) is 6.40. The van der Waals surface area contributed by atoms with Gasteiger partial charge in [0.2, 0.25) is 0 Å². The van der Waals surface area contributed by atoms with Gasteiger partial charge in [0, 0.05) is 39.4 Å².